The van der Waals surface area contributed by atoms with Gasteiger partial charge in [0.25, 0.3) is 5.91 Å². The summed E-state index contributed by atoms with van der Waals surface area (Å²) in [5, 5.41) is 2.91. The molecule has 1 N–H and O–H groups in total. The van der Waals surface area contributed by atoms with Gasteiger partial charge >= 0.3 is 0 Å². The van der Waals surface area contributed by atoms with Crippen LogP contribution in [0, 0.1) is 0 Å². The molecule has 3 aromatic rings. The molecule has 0 spiro atoms. The number of rotatable bonds is 4. The van der Waals surface area contributed by atoms with E-state index in [4.69, 9.17) is 9.72 Å². The molecule has 2 heterocycles. The summed E-state index contributed by atoms with van der Waals surface area (Å²) in [4.78, 5) is 23.7. The third-order valence-electron chi connectivity index (χ3n) is 4.76. The van der Waals surface area contributed by atoms with Crippen molar-refractivity contribution >= 4 is 22.8 Å². The molecular formula is C22H24N4O2. The van der Waals surface area contributed by atoms with Crippen LogP contribution >= 0.6 is 0 Å². The maximum absolute atomic E-state index is 12.1. The van der Waals surface area contributed by atoms with Crippen LogP contribution in [-0.4, -0.2) is 48.2 Å². The van der Waals surface area contributed by atoms with Gasteiger partial charge in [0.05, 0.1) is 30.4 Å². The quantitative estimate of drug-likeness (QED) is 0.757. The minimum absolute atomic E-state index is 0.0546. The molecular weight excluding hydrogens is 352 g/mol. The standard InChI is InChI=1S/C22H24N4O2/c1-15(2)24-22(27)17-5-3-16(4-6-17)18-7-8-19-20(13-18)25-21(14-23-19)26-9-11-28-12-10-26/h3-8,13-15H,9-12H2,1-2H3,(H,24,27). The van der Waals surface area contributed by atoms with Crippen molar-refractivity contribution in [3.8, 4) is 11.1 Å². The molecule has 28 heavy (non-hydrogen) atoms. The highest BCUT2D eigenvalue weighted by Gasteiger charge is 2.14. The van der Waals surface area contributed by atoms with E-state index < -0.39 is 0 Å². The second-order valence-corrected chi connectivity index (χ2v) is 7.24. The minimum Gasteiger partial charge on any atom is -0.378 e. The van der Waals surface area contributed by atoms with Crippen LogP contribution in [-0.2, 0) is 4.74 Å². The van der Waals surface area contributed by atoms with Crippen LogP contribution in [0.5, 0.6) is 0 Å². The molecule has 1 aliphatic heterocycles. The Kier molecular flexibility index (Phi) is 5.21. The molecule has 2 aromatic carbocycles. The Morgan fingerprint density at radius 2 is 1.75 bits per heavy atom. The number of amides is 1. The molecule has 0 saturated carbocycles. The first-order valence-electron chi connectivity index (χ1n) is 9.61. The summed E-state index contributed by atoms with van der Waals surface area (Å²) in [6, 6.07) is 13.8. The zero-order chi connectivity index (χ0) is 19.5. The lowest BCUT2D eigenvalue weighted by atomic mass is 10.0. The first kappa shape index (κ1) is 18.4. The van der Waals surface area contributed by atoms with Gasteiger partial charge in [-0.3, -0.25) is 9.78 Å². The lowest BCUT2D eigenvalue weighted by Gasteiger charge is -2.27. The number of morpholine rings is 1. The van der Waals surface area contributed by atoms with Crippen LogP contribution in [0.2, 0.25) is 0 Å². The van der Waals surface area contributed by atoms with Crippen molar-refractivity contribution in [1.29, 1.82) is 0 Å². The Morgan fingerprint density at radius 1 is 1.04 bits per heavy atom. The van der Waals surface area contributed by atoms with Crippen LogP contribution in [0.3, 0.4) is 0 Å². The molecule has 1 amide bonds. The van der Waals surface area contributed by atoms with Gasteiger partial charge in [0.15, 0.2) is 0 Å². The number of aromatic nitrogens is 2. The summed E-state index contributed by atoms with van der Waals surface area (Å²) in [5.41, 5.74) is 4.49. The Balaban J connectivity index is 1.60. The summed E-state index contributed by atoms with van der Waals surface area (Å²) < 4.78 is 5.41. The number of hydrogen-bond donors (Lipinski definition) is 1. The zero-order valence-electron chi connectivity index (χ0n) is 16.2. The smallest absolute Gasteiger partial charge is 0.251 e. The Labute approximate surface area is 164 Å². The molecule has 144 valence electrons. The zero-order valence-corrected chi connectivity index (χ0v) is 16.2. The van der Waals surface area contributed by atoms with Gasteiger partial charge in [-0.05, 0) is 49.2 Å². The molecule has 1 aliphatic rings. The van der Waals surface area contributed by atoms with E-state index >= 15 is 0 Å². The maximum atomic E-state index is 12.1. The predicted molar refractivity (Wildman–Crippen MR) is 111 cm³/mol. The van der Waals surface area contributed by atoms with Gasteiger partial charge in [-0.25, -0.2) is 4.98 Å². The molecule has 0 unspecified atom stereocenters. The van der Waals surface area contributed by atoms with Gasteiger partial charge < -0.3 is 15.0 Å². The van der Waals surface area contributed by atoms with Gasteiger partial charge in [0.2, 0.25) is 0 Å². The van der Waals surface area contributed by atoms with Crippen molar-refractivity contribution < 1.29 is 9.53 Å². The van der Waals surface area contributed by atoms with Gasteiger partial charge in [-0.2, -0.15) is 0 Å². The highest BCUT2D eigenvalue weighted by Crippen LogP contribution is 2.25. The van der Waals surface area contributed by atoms with E-state index in [2.05, 4.69) is 21.3 Å². The van der Waals surface area contributed by atoms with E-state index in [1.807, 2.05) is 56.4 Å². The molecule has 1 aromatic heterocycles. The highest BCUT2D eigenvalue weighted by molar-refractivity contribution is 5.95. The lowest BCUT2D eigenvalue weighted by Crippen LogP contribution is -2.36. The number of nitrogens with zero attached hydrogens (tertiary/aromatic N) is 3. The Morgan fingerprint density at radius 3 is 2.46 bits per heavy atom. The van der Waals surface area contributed by atoms with Gasteiger partial charge in [-0.1, -0.05) is 18.2 Å². The first-order chi connectivity index (χ1) is 13.6. The second kappa shape index (κ2) is 7.94. The number of carbonyl (C=O) groups excluding carboxylic acids is 1. The highest BCUT2D eigenvalue weighted by atomic mass is 16.5. The minimum atomic E-state index is -0.0546. The summed E-state index contributed by atoms with van der Waals surface area (Å²) in [5.74, 6) is 0.828. The van der Waals surface area contributed by atoms with E-state index in [-0.39, 0.29) is 11.9 Å². The number of fused-ring (bicyclic) bond motifs is 1. The maximum Gasteiger partial charge on any atom is 0.251 e. The van der Waals surface area contributed by atoms with Crippen LogP contribution in [0.15, 0.2) is 48.7 Å². The van der Waals surface area contributed by atoms with Crippen LogP contribution in [0.4, 0.5) is 5.82 Å². The van der Waals surface area contributed by atoms with Crippen LogP contribution < -0.4 is 10.2 Å². The third kappa shape index (κ3) is 3.97. The molecule has 6 heteroatoms. The van der Waals surface area contributed by atoms with E-state index in [1.165, 1.54) is 0 Å². The fourth-order valence-corrected chi connectivity index (χ4v) is 3.29. The number of ether oxygens (including phenoxy) is 1. The molecule has 6 nitrogen and oxygen atoms in total. The topological polar surface area (TPSA) is 67.4 Å². The van der Waals surface area contributed by atoms with Gasteiger partial charge in [-0.15, -0.1) is 0 Å². The predicted octanol–water partition coefficient (Wildman–Crippen LogP) is 3.27. The van der Waals surface area contributed by atoms with E-state index in [1.54, 1.807) is 0 Å². The molecule has 0 atom stereocenters. The Bertz CT molecular complexity index is 979. The monoisotopic (exact) mass is 376 g/mol. The van der Waals surface area contributed by atoms with E-state index in [0.717, 1.165) is 54.3 Å². The van der Waals surface area contributed by atoms with Crippen molar-refractivity contribution in [2.24, 2.45) is 0 Å². The SMILES string of the molecule is CC(C)NC(=O)c1ccc(-c2ccc3ncc(N4CCOCC4)nc3c2)cc1. The number of benzene rings is 2. The van der Waals surface area contributed by atoms with Crippen LogP contribution in [0.25, 0.3) is 22.2 Å². The van der Waals surface area contributed by atoms with Crippen molar-refractivity contribution in [1.82, 2.24) is 15.3 Å². The van der Waals surface area contributed by atoms with Gasteiger partial charge in [0, 0.05) is 24.7 Å². The van der Waals surface area contributed by atoms with Crippen molar-refractivity contribution in [3.05, 3.63) is 54.2 Å². The van der Waals surface area contributed by atoms with Crippen molar-refractivity contribution in [3.63, 3.8) is 0 Å². The van der Waals surface area contributed by atoms with E-state index in [0.29, 0.717) is 5.56 Å². The van der Waals surface area contributed by atoms with Crippen molar-refractivity contribution in [2.45, 2.75) is 19.9 Å². The summed E-state index contributed by atoms with van der Waals surface area (Å²) in [6.07, 6.45) is 1.83. The first-order valence-corrected chi connectivity index (χ1v) is 9.61. The van der Waals surface area contributed by atoms with Crippen molar-refractivity contribution in [2.75, 3.05) is 31.2 Å². The number of anilines is 1. The summed E-state index contributed by atoms with van der Waals surface area (Å²) in [6.45, 7) is 7.01. The summed E-state index contributed by atoms with van der Waals surface area (Å²) in [7, 11) is 0. The molecule has 0 bridgehead atoms. The lowest BCUT2D eigenvalue weighted by molar-refractivity contribution is 0.0943. The number of carbonyl (C=O) groups is 1. The largest absolute Gasteiger partial charge is 0.378 e. The molecule has 4 rings (SSSR count). The molecule has 1 saturated heterocycles. The van der Waals surface area contributed by atoms with Crippen LogP contribution in [0.1, 0.15) is 24.2 Å². The number of hydrogen-bond acceptors (Lipinski definition) is 5. The fraction of sp³-hybridized carbons (Fsp3) is 0.318. The van der Waals surface area contributed by atoms with E-state index in [9.17, 15) is 4.79 Å². The fourth-order valence-electron chi connectivity index (χ4n) is 3.29. The second-order valence-electron chi connectivity index (χ2n) is 7.24. The average molecular weight is 376 g/mol. The molecule has 0 aliphatic carbocycles. The average Bonchev–Trinajstić information content (AvgIpc) is 2.73. The van der Waals surface area contributed by atoms with Gasteiger partial charge in [0.1, 0.15) is 5.82 Å². The number of nitrogens with one attached hydrogen (secondary N) is 1. The molecule has 0 radical (unpaired) electrons. The third-order valence-corrected chi connectivity index (χ3v) is 4.76. The molecule has 1 fully saturated rings. The summed E-state index contributed by atoms with van der Waals surface area (Å²) >= 11 is 0. The Hall–Kier alpha value is -2.99. The normalized spacial score (nSPS) is 14.5.